The van der Waals surface area contributed by atoms with E-state index in [9.17, 15) is 9.59 Å². The molecule has 2 aliphatic rings. The molecule has 2 fully saturated rings. The molecule has 0 bridgehead atoms. The lowest BCUT2D eigenvalue weighted by atomic mass is 10.1. The van der Waals surface area contributed by atoms with Crippen molar-refractivity contribution < 1.29 is 14.7 Å². The third kappa shape index (κ3) is 0.975. The molecule has 4 nitrogen and oxygen atoms in total. The van der Waals surface area contributed by atoms with Crippen molar-refractivity contribution in [3.8, 4) is 0 Å². The molecule has 2 aliphatic carbocycles. The first-order chi connectivity index (χ1) is 6.09. The quantitative estimate of drug-likeness (QED) is 0.650. The fraction of sp³-hybridized carbons (Fsp3) is 0.778. The van der Waals surface area contributed by atoms with Crippen molar-refractivity contribution in [3.63, 3.8) is 0 Å². The highest BCUT2D eigenvalue weighted by molar-refractivity contribution is 5.90. The predicted octanol–water partition coefficient (Wildman–Crippen LogP) is 0.376. The first kappa shape index (κ1) is 8.53. The zero-order valence-corrected chi connectivity index (χ0v) is 7.54. The first-order valence-corrected chi connectivity index (χ1v) is 4.61. The molecule has 1 amide bonds. The molecular weight excluding hydrogens is 170 g/mol. The summed E-state index contributed by atoms with van der Waals surface area (Å²) in [5.41, 5.74) is -0.899. The molecule has 2 unspecified atom stereocenters. The molecule has 0 saturated heterocycles. The Balaban J connectivity index is 2.16. The third-order valence-electron chi connectivity index (χ3n) is 3.31. The largest absolute Gasteiger partial charge is 0.479 e. The Bertz CT molecular complexity index is 264. The summed E-state index contributed by atoms with van der Waals surface area (Å²) >= 11 is 0. The summed E-state index contributed by atoms with van der Waals surface area (Å²) in [6, 6.07) is 0. The maximum Gasteiger partial charge on any atom is 0.330 e. The number of aliphatic carboxylic acids is 1. The van der Waals surface area contributed by atoms with Gasteiger partial charge in [0.2, 0.25) is 5.91 Å². The average Bonchev–Trinajstić information content (AvgIpc) is 2.44. The number of hydrogen-bond donors (Lipinski definition) is 2. The summed E-state index contributed by atoms with van der Waals surface area (Å²) < 4.78 is 0. The van der Waals surface area contributed by atoms with Gasteiger partial charge in [0.1, 0.15) is 5.54 Å². The number of hydrogen-bond acceptors (Lipinski definition) is 2. The minimum absolute atomic E-state index is 0.189. The van der Waals surface area contributed by atoms with E-state index >= 15 is 0 Å². The summed E-state index contributed by atoms with van der Waals surface area (Å²) in [5.74, 6) is -0.725. The second-order valence-corrected chi connectivity index (χ2v) is 4.00. The van der Waals surface area contributed by atoms with Crippen molar-refractivity contribution in [2.75, 3.05) is 0 Å². The fourth-order valence-corrected chi connectivity index (χ4v) is 2.80. The van der Waals surface area contributed by atoms with E-state index in [0.717, 1.165) is 19.3 Å². The zero-order valence-electron chi connectivity index (χ0n) is 7.54. The highest BCUT2D eigenvalue weighted by Crippen LogP contribution is 2.60. The molecule has 72 valence electrons. The number of carboxylic acids is 1. The number of fused-ring (bicyclic) bond motifs is 1. The normalized spacial score (nSPS) is 41.0. The molecular formula is C9H13NO3. The van der Waals surface area contributed by atoms with Gasteiger partial charge in [-0.25, -0.2) is 4.79 Å². The number of nitrogens with one attached hydrogen (secondary N) is 1. The van der Waals surface area contributed by atoms with Crippen LogP contribution in [0, 0.1) is 11.8 Å². The van der Waals surface area contributed by atoms with Gasteiger partial charge < -0.3 is 10.4 Å². The van der Waals surface area contributed by atoms with Crippen molar-refractivity contribution in [1.82, 2.24) is 5.32 Å². The Morgan fingerprint density at radius 3 is 2.31 bits per heavy atom. The van der Waals surface area contributed by atoms with Crippen molar-refractivity contribution in [3.05, 3.63) is 0 Å². The number of carboxylic acid groups (broad SMARTS) is 1. The van der Waals surface area contributed by atoms with Crippen LogP contribution in [0.5, 0.6) is 0 Å². The molecule has 2 rings (SSSR count). The third-order valence-corrected chi connectivity index (χ3v) is 3.31. The van der Waals surface area contributed by atoms with Crippen molar-refractivity contribution in [1.29, 1.82) is 0 Å². The van der Waals surface area contributed by atoms with Gasteiger partial charge in [-0.1, -0.05) is 6.42 Å². The molecule has 0 aromatic rings. The molecule has 2 N–H and O–H groups in total. The number of rotatable bonds is 2. The summed E-state index contributed by atoms with van der Waals surface area (Å²) in [6.07, 6.45) is 2.98. The predicted molar refractivity (Wildman–Crippen MR) is 45.0 cm³/mol. The minimum atomic E-state index is -0.899. The Kier molecular flexibility index (Phi) is 1.62. The second kappa shape index (κ2) is 2.47. The van der Waals surface area contributed by atoms with Crippen LogP contribution in [-0.4, -0.2) is 22.5 Å². The SMILES string of the molecule is CC(=O)NC1(C(=O)O)C2CCCC21. The Labute approximate surface area is 76.3 Å². The average molecular weight is 183 g/mol. The van der Waals surface area contributed by atoms with E-state index in [1.807, 2.05) is 0 Å². The van der Waals surface area contributed by atoms with E-state index in [-0.39, 0.29) is 17.7 Å². The zero-order chi connectivity index (χ0) is 9.64. The summed E-state index contributed by atoms with van der Waals surface area (Å²) in [5, 5.41) is 11.6. The van der Waals surface area contributed by atoms with Crippen LogP contribution in [0.1, 0.15) is 26.2 Å². The highest BCUT2D eigenvalue weighted by Gasteiger charge is 2.71. The van der Waals surface area contributed by atoms with Gasteiger partial charge in [-0.05, 0) is 24.7 Å². The lowest BCUT2D eigenvalue weighted by molar-refractivity contribution is -0.144. The standard InChI is InChI=1S/C9H13NO3/c1-5(11)10-9(8(12)13)6-3-2-4-7(6)9/h6-7H,2-4H2,1H3,(H,10,11)(H,12,13). The van der Waals surface area contributed by atoms with Crippen molar-refractivity contribution in [2.24, 2.45) is 11.8 Å². The van der Waals surface area contributed by atoms with Crippen LogP contribution in [0.25, 0.3) is 0 Å². The molecule has 0 aliphatic heterocycles. The van der Waals surface area contributed by atoms with Crippen LogP contribution in [0.4, 0.5) is 0 Å². The molecule has 2 saturated carbocycles. The van der Waals surface area contributed by atoms with E-state index in [2.05, 4.69) is 5.32 Å². The maximum atomic E-state index is 11.0. The van der Waals surface area contributed by atoms with Crippen LogP contribution in [-0.2, 0) is 9.59 Å². The van der Waals surface area contributed by atoms with Gasteiger partial charge in [0, 0.05) is 6.92 Å². The van der Waals surface area contributed by atoms with Gasteiger partial charge in [0.15, 0.2) is 0 Å². The molecule has 2 atom stereocenters. The highest BCUT2D eigenvalue weighted by atomic mass is 16.4. The molecule has 4 heteroatoms. The van der Waals surface area contributed by atoms with Gasteiger partial charge in [-0.3, -0.25) is 4.79 Å². The Morgan fingerprint density at radius 1 is 1.38 bits per heavy atom. The van der Waals surface area contributed by atoms with Crippen LogP contribution in [0.15, 0.2) is 0 Å². The maximum absolute atomic E-state index is 11.0. The molecule has 0 spiro atoms. The summed E-state index contributed by atoms with van der Waals surface area (Å²) in [4.78, 5) is 21.9. The van der Waals surface area contributed by atoms with Crippen LogP contribution < -0.4 is 5.32 Å². The van der Waals surface area contributed by atoms with E-state index in [0.29, 0.717) is 0 Å². The minimum Gasteiger partial charge on any atom is -0.479 e. The molecule has 0 aromatic carbocycles. The number of carbonyl (C=O) groups excluding carboxylic acids is 1. The van der Waals surface area contributed by atoms with Crippen LogP contribution in [0.3, 0.4) is 0 Å². The first-order valence-electron chi connectivity index (χ1n) is 4.61. The van der Waals surface area contributed by atoms with E-state index in [1.54, 1.807) is 0 Å². The summed E-state index contributed by atoms with van der Waals surface area (Å²) in [6.45, 7) is 1.37. The lowest BCUT2D eigenvalue weighted by Gasteiger charge is -2.16. The van der Waals surface area contributed by atoms with Crippen LogP contribution in [0.2, 0.25) is 0 Å². The van der Waals surface area contributed by atoms with E-state index in [4.69, 9.17) is 5.11 Å². The topological polar surface area (TPSA) is 66.4 Å². The monoisotopic (exact) mass is 183 g/mol. The lowest BCUT2D eigenvalue weighted by Crippen LogP contribution is -2.46. The molecule has 13 heavy (non-hydrogen) atoms. The van der Waals surface area contributed by atoms with Crippen LogP contribution >= 0.6 is 0 Å². The van der Waals surface area contributed by atoms with Gasteiger partial charge >= 0.3 is 5.97 Å². The van der Waals surface area contributed by atoms with E-state index < -0.39 is 11.5 Å². The Morgan fingerprint density at radius 2 is 1.92 bits per heavy atom. The molecule has 0 aromatic heterocycles. The number of carbonyl (C=O) groups is 2. The fourth-order valence-electron chi connectivity index (χ4n) is 2.80. The van der Waals surface area contributed by atoms with Gasteiger partial charge in [-0.15, -0.1) is 0 Å². The van der Waals surface area contributed by atoms with Gasteiger partial charge in [0.05, 0.1) is 0 Å². The second-order valence-electron chi connectivity index (χ2n) is 4.00. The van der Waals surface area contributed by atoms with Crippen molar-refractivity contribution in [2.45, 2.75) is 31.7 Å². The van der Waals surface area contributed by atoms with Crippen molar-refractivity contribution >= 4 is 11.9 Å². The molecule has 0 heterocycles. The van der Waals surface area contributed by atoms with E-state index in [1.165, 1.54) is 6.92 Å². The van der Waals surface area contributed by atoms with Gasteiger partial charge in [0.25, 0.3) is 0 Å². The molecule has 0 radical (unpaired) electrons. The Hall–Kier alpha value is -1.06. The van der Waals surface area contributed by atoms with Gasteiger partial charge in [-0.2, -0.15) is 0 Å². The summed E-state index contributed by atoms with van der Waals surface area (Å²) in [7, 11) is 0. The number of amides is 1. The smallest absolute Gasteiger partial charge is 0.330 e.